The van der Waals surface area contributed by atoms with Crippen molar-refractivity contribution in [2.45, 2.75) is 18.9 Å². The monoisotopic (exact) mass is 263 g/mol. The Morgan fingerprint density at radius 1 is 1.39 bits per heavy atom. The fourth-order valence-electron chi connectivity index (χ4n) is 2.43. The van der Waals surface area contributed by atoms with Crippen LogP contribution in [0.1, 0.15) is 12.8 Å². The Kier molecular flexibility index (Phi) is 4.55. The molecular formula is C14H21N3S. The minimum Gasteiger partial charge on any atom is -0.345 e. The van der Waals surface area contributed by atoms with Crippen LogP contribution in [-0.4, -0.2) is 48.1 Å². The molecule has 0 aromatic heterocycles. The summed E-state index contributed by atoms with van der Waals surface area (Å²) in [5, 5.41) is 4.18. The summed E-state index contributed by atoms with van der Waals surface area (Å²) in [5.41, 5.74) is 1.07. The zero-order valence-corrected chi connectivity index (χ0v) is 11.9. The summed E-state index contributed by atoms with van der Waals surface area (Å²) in [4.78, 5) is 4.55. The Hall–Kier alpha value is -1.13. The Morgan fingerprint density at radius 2 is 2.11 bits per heavy atom. The lowest BCUT2D eigenvalue weighted by molar-refractivity contribution is 0.288. The van der Waals surface area contributed by atoms with Gasteiger partial charge in [0.15, 0.2) is 5.11 Å². The third kappa shape index (κ3) is 3.43. The molecule has 4 heteroatoms. The maximum absolute atomic E-state index is 5.52. The van der Waals surface area contributed by atoms with E-state index >= 15 is 0 Å². The van der Waals surface area contributed by atoms with E-state index in [0.29, 0.717) is 6.04 Å². The van der Waals surface area contributed by atoms with Crippen molar-refractivity contribution in [2.75, 3.05) is 32.5 Å². The Morgan fingerprint density at radius 3 is 2.78 bits per heavy atom. The van der Waals surface area contributed by atoms with E-state index in [2.05, 4.69) is 29.2 Å². The fraction of sp³-hybridized carbons (Fsp3) is 0.500. The maximum atomic E-state index is 5.52. The average molecular weight is 263 g/mol. The van der Waals surface area contributed by atoms with Crippen LogP contribution in [-0.2, 0) is 0 Å². The summed E-state index contributed by atoms with van der Waals surface area (Å²) in [6.45, 7) is 2.13. The molecule has 1 aliphatic heterocycles. The van der Waals surface area contributed by atoms with Gasteiger partial charge < -0.3 is 15.1 Å². The van der Waals surface area contributed by atoms with Gasteiger partial charge in [-0.15, -0.1) is 0 Å². The zero-order valence-electron chi connectivity index (χ0n) is 11.1. The van der Waals surface area contributed by atoms with E-state index in [1.165, 1.54) is 12.8 Å². The van der Waals surface area contributed by atoms with Crippen molar-refractivity contribution < 1.29 is 0 Å². The number of hydrogen-bond donors (Lipinski definition) is 1. The highest BCUT2D eigenvalue weighted by molar-refractivity contribution is 7.80. The second kappa shape index (κ2) is 6.16. The van der Waals surface area contributed by atoms with E-state index in [-0.39, 0.29) is 0 Å². The van der Waals surface area contributed by atoms with E-state index < -0.39 is 0 Å². The van der Waals surface area contributed by atoms with Gasteiger partial charge >= 0.3 is 0 Å². The number of para-hydroxylation sites is 1. The highest BCUT2D eigenvalue weighted by Crippen LogP contribution is 2.19. The molecule has 1 unspecified atom stereocenters. The van der Waals surface area contributed by atoms with E-state index in [0.717, 1.165) is 23.9 Å². The van der Waals surface area contributed by atoms with Gasteiger partial charge in [0, 0.05) is 24.8 Å². The molecule has 1 aromatic rings. The number of rotatable bonds is 3. The van der Waals surface area contributed by atoms with Gasteiger partial charge in [0.05, 0.1) is 0 Å². The highest BCUT2D eigenvalue weighted by Gasteiger charge is 2.26. The van der Waals surface area contributed by atoms with Crippen molar-refractivity contribution in [3.05, 3.63) is 30.3 Å². The second-order valence-electron chi connectivity index (χ2n) is 5.05. The van der Waals surface area contributed by atoms with E-state index in [4.69, 9.17) is 12.2 Å². The zero-order chi connectivity index (χ0) is 13.0. The fourth-order valence-corrected chi connectivity index (χ4v) is 2.79. The Balaban J connectivity index is 1.96. The minimum atomic E-state index is 0.545. The van der Waals surface area contributed by atoms with Crippen LogP contribution in [0.25, 0.3) is 0 Å². The van der Waals surface area contributed by atoms with E-state index in [1.54, 1.807) is 0 Å². The van der Waals surface area contributed by atoms with Crippen LogP contribution >= 0.6 is 12.2 Å². The standard InChI is InChI=1S/C14H21N3S/c1-16(2)11-13-9-6-10-17(13)14(18)15-12-7-4-3-5-8-12/h3-5,7-8,13H,6,9-11H2,1-2H3,(H,15,18). The molecule has 98 valence electrons. The van der Waals surface area contributed by atoms with Crippen LogP contribution < -0.4 is 5.32 Å². The first kappa shape index (κ1) is 13.3. The molecule has 0 radical (unpaired) electrons. The lowest BCUT2D eigenvalue weighted by atomic mass is 10.2. The van der Waals surface area contributed by atoms with Gasteiger partial charge in [-0.05, 0) is 51.3 Å². The molecule has 1 aromatic carbocycles. The summed E-state index contributed by atoms with van der Waals surface area (Å²) >= 11 is 5.52. The number of likely N-dealkylation sites (tertiary alicyclic amines) is 1. The summed E-state index contributed by atoms with van der Waals surface area (Å²) < 4.78 is 0. The van der Waals surface area contributed by atoms with Crippen molar-refractivity contribution in [3.8, 4) is 0 Å². The van der Waals surface area contributed by atoms with E-state index in [1.807, 2.05) is 30.3 Å². The first-order chi connectivity index (χ1) is 8.66. The normalized spacial score (nSPS) is 19.3. The molecule has 0 saturated carbocycles. The molecule has 0 aliphatic carbocycles. The van der Waals surface area contributed by atoms with Crippen molar-refractivity contribution in [2.24, 2.45) is 0 Å². The number of nitrogens with zero attached hydrogens (tertiary/aromatic N) is 2. The van der Waals surface area contributed by atoms with Gasteiger partial charge in [0.25, 0.3) is 0 Å². The quantitative estimate of drug-likeness (QED) is 0.844. The topological polar surface area (TPSA) is 18.5 Å². The van der Waals surface area contributed by atoms with Crippen molar-refractivity contribution >= 4 is 23.0 Å². The molecule has 1 atom stereocenters. The molecule has 2 rings (SSSR count). The van der Waals surface area contributed by atoms with Gasteiger partial charge in [0.1, 0.15) is 0 Å². The van der Waals surface area contributed by atoms with Crippen LogP contribution in [0.4, 0.5) is 5.69 Å². The summed E-state index contributed by atoms with van der Waals surface area (Å²) in [7, 11) is 4.23. The van der Waals surface area contributed by atoms with Gasteiger partial charge in [-0.1, -0.05) is 18.2 Å². The van der Waals surface area contributed by atoms with E-state index in [9.17, 15) is 0 Å². The molecule has 1 N–H and O–H groups in total. The molecular weight excluding hydrogens is 242 g/mol. The average Bonchev–Trinajstić information content (AvgIpc) is 2.77. The maximum Gasteiger partial charge on any atom is 0.173 e. The van der Waals surface area contributed by atoms with Crippen molar-refractivity contribution in [1.29, 1.82) is 0 Å². The first-order valence-electron chi connectivity index (χ1n) is 6.44. The van der Waals surface area contributed by atoms with Crippen molar-refractivity contribution in [1.82, 2.24) is 9.80 Å². The van der Waals surface area contributed by atoms with Gasteiger partial charge in [-0.3, -0.25) is 0 Å². The Bertz CT molecular complexity index is 391. The number of thiocarbonyl (C=S) groups is 1. The number of likely N-dealkylation sites (N-methyl/N-ethyl adjacent to an activating group) is 1. The first-order valence-corrected chi connectivity index (χ1v) is 6.85. The number of anilines is 1. The molecule has 0 spiro atoms. The van der Waals surface area contributed by atoms with Gasteiger partial charge in [-0.2, -0.15) is 0 Å². The summed E-state index contributed by atoms with van der Waals surface area (Å²) in [5.74, 6) is 0. The second-order valence-corrected chi connectivity index (χ2v) is 5.43. The van der Waals surface area contributed by atoms with Gasteiger partial charge in [0.2, 0.25) is 0 Å². The molecule has 0 amide bonds. The van der Waals surface area contributed by atoms with Crippen molar-refractivity contribution in [3.63, 3.8) is 0 Å². The van der Waals surface area contributed by atoms with Crippen LogP contribution in [0.15, 0.2) is 30.3 Å². The summed E-state index contributed by atoms with van der Waals surface area (Å²) in [6, 6.07) is 10.7. The third-order valence-electron chi connectivity index (χ3n) is 3.24. The third-order valence-corrected chi connectivity index (χ3v) is 3.58. The van der Waals surface area contributed by atoms with Crippen LogP contribution in [0.5, 0.6) is 0 Å². The lowest BCUT2D eigenvalue weighted by Crippen LogP contribution is -2.43. The number of benzene rings is 1. The SMILES string of the molecule is CN(C)CC1CCCN1C(=S)Nc1ccccc1. The molecule has 0 bridgehead atoms. The minimum absolute atomic E-state index is 0.545. The number of nitrogens with one attached hydrogen (secondary N) is 1. The molecule has 1 fully saturated rings. The van der Waals surface area contributed by atoms with Crippen LogP contribution in [0, 0.1) is 0 Å². The highest BCUT2D eigenvalue weighted by atomic mass is 32.1. The number of hydrogen-bond acceptors (Lipinski definition) is 2. The lowest BCUT2D eigenvalue weighted by Gasteiger charge is -2.29. The predicted molar refractivity (Wildman–Crippen MR) is 80.9 cm³/mol. The molecule has 1 saturated heterocycles. The smallest absolute Gasteiger partial charge is 0.173 e. The summed E-state index contributed by atoms with van der Waals surface area (Å²) in [6.07, 6.45) is 2.46. The van der Waals surface area contributed by atoms with Crippen LogP contribution in [0.3, 0.4) is 0 Å². The molecule has 1 heterocycles. The van der Waals surface area contributed by atoms with Crippen LogP contribution in [0.2, 0.25) is 0 Å². The predicted octanol–water partition coefficient (Wildman–Crippen LogP) is 2.41. The van der Waals surface area contributed by atoms with Gasteiger partial charge in [-0.25, -0.2) is 0 Å². The molecule has 3 nitrogen and oxygen atoms in total. The molecule has 1 aliphatic rings. The Labute approximate surface area is 115 Å². The largest absolute Gasteiger partial charge is 0.345 e. The molecule has 18 heavy (non-hydrogen) atoms.